The first-order chi connectivity index (χ1) is 19.4. The fraction of sp³-hybridized carbons (Fsp3) is 0.481. The third kappa shape index (κ3) is 6.81. The number of anilines is 2. The molecular formula is C27H34ClN7O5. The number of rotatable bonds is 12. The highest BCUT2D eigenvalue weighted by Gasteiger charge is 2.24. The highest BCUT2D eigenvalue weighted by molar-refractivity contribution is 6.33. The molecule has 3 N–H and O–H groups in total. The number of fused-ring (bicyclic) bond motifs is 1. The lowest BCUT2D eigenvalue weighted by atomic mass is 9.99. The molecule has 1 unspecified atom stereocenters. The van der Waals surface area contributed by atoms with Crippen LogP contribution in [0.15, 0.2) is 35.2 Å². The Morgan fingerprint density at radius 2 is 2.20 bits per heavy atom. The van der Waals surface area contributed by atoms with Crippen molar-refractivity contribution in [3.63, 3.8) is 0 Å². The molecule has 1 amide bonds. The molecule has 40 heavy (non-hydrogen) atoms. The van der Waals surface area contributed by atoms with Crippen LogP contribution in [-0.4, -0.2) is 89.5 Å². The second-order valence-corrected chi connectivity index (χ2v) is 10.3. The second kappa shape index (κ2) is 12.8. The van der Waals surface area contributed by atoms with Crippen molar-refractivity contribution in [1.29, 1.82) is 0 Å². The highest BCUT2D eigenvalue weighted by Crippen LogP contribution is 2.34. The van der Waals surface area contributed by atoms with Crippen molar-refractivity contribution in [3.8, 4) is 5.75 Å². The molecule has 12 nitrogen and oxygen atoms in total. The summed E-state index contributed by atoms with van der Waals surface area (Å²) >= 11 is 6.64. The Labute approximate surface area is 237 Å². The number of oxazole rings is 1. The molecule has 0 spiro atoms. The van der Waals surface area contributed by atoms with E-state index in [1.54, 1.807) is 12.3 Å². The normalized spacial score (nSPS) is 16.1. The summed E-state index contributed by atoms with van der Waals surface area (Å²) in [6.07, 6.45) is 2.94. The summed E-state index contributed by atoms with van der Waals surface area (Å²) in [5.74, 6) is 1.88. The number of hydrogen-bond donors (Lipinski definition) is 3. The first-order valence-corrected chi connectivity index (χ1v) is 13.7. The Hall–Kier alpha value is -3.45. The molecule has 1 saturated heterocycles. The van der Waals surface area contributed by atoms with Gasteiger partial charge in [0, 0.05) is 45.8 Å². The summed E-state index contributed by atoms with van der Waals surface area (Å²) in [7, 11) is 1.87. The van der Waals surface area contributed by atoms with Crippen LogP contribution in [0.5, 0.6) is 5.75 Å². The Kier molecular flexibility index (Phi) is 9.00. The van der Waals surface area contributed by atoms with E-state index < -0.39 is 6.10 Å². The van der Waals surface area contributed by atoms with Gasteiger partial charge in [-0.2, -0.15) is 4.98 Å². The third-order valence-corrected chi connectivity index (χ3v) is 7.36. The number of halogens is 1. The van der Waals surface area contributed by atoms with Crippen molar-refractivity contribution in [2.24, 2.45) is 0 Å². The molecule has 0 aliphatic carbocycles. The fourth-order valence-corrected chi connectivity index (χ4v) is 4.84. The SMILES string of the molecule is CCN(C)c1nc(NC2COC2)cc(C(=O)NCC(O)CN2CCc3c(ccc(OCc4cnco4)c3Cl)C2)n1. The van der Waals surface area contributed by atoms with E-state index in [-0.39, 0.29) is 30.8 Å². The van der Waals surface area contributed by atoms with Crippen LogP contribution < -0.4 is 20.3 Å². The molecule has 4 heterocycles. The van der Waals surface area contributed by atoms with Gasteiger partial charge in [-0.1, -0.05) is 17.7 Å². The molecule has 214 valence electrons. The van der Waals surface area contributed by atoms with Gasteiger partial charge >= 0.3 is 0 Å². The van der Waals surface area contributed by atoms with Crippen molar-refractivity contribution in [1.82, 2.24) is 25.2 Å². The van der Waals surface area contributed by atoms with Crippen LogP contribution in [0.1, 0.15) is 34.3 Å². The number of aliphatic hydroxyl groups is 1. The fourth-order valence-electron chi connectivity index (χ4n) is 4.51. The zero-order chi connectivity index (χ0) is 28.1. The molecule has 1 aromatic carbocycles. The zero-order valence-corrected chi connectivity index (χ0v) is 23.4. The number of nitrogens with zero attached hydrogens (tertiary/aromatic N) is 5. The summed E-state index contributed by atoms with van der Waals surface area (Å²) in [5.41, 5.74) is 2.37. The molecular weight excluding hydrogens is 538 g/mol. The Morgan fingerprint density at radius 1 is 1.35 bits per heavy atom. The predicted molar refractivity (Wildman–Crippen MR) is 149 cm³/mol. The molecule has 13 heteroatoms. The molecule has 0 bridgehead atoms. The zero-order valence-electron chi connectivity index (χ0n) is 22.6. The minimum atomic E-state index is -0.755. The number of carbonyl (C=O) groups is 1. The molecule has 0 radical (unpaired) electrons. The summed E-state index contributed by atoms with van der Waals surface area (Å²) in [4.78, 5) is 29.8. The van der Waals surface area contributed by atoms with Gasteiger partial charge in [-0.3, -0.25) is 9.69 Å². The maximum absolute atomic E-state index is 13.0. The number of hydrogen-bond acceptors (Lipinski definition) is 11. The number of ether oxygens (including phenoxy) is 2. The summed E-state index contributed by atoms with van der Waals surface area (Å²) in [5, 5.41) is 17.4. The average Bonchev–Trinajstić information content (AvgIpc) is 3.46. The summed E-state index contributed by atoms with van der Waals surface area (Å²) in [6, 6.07) is 5.64. The van der Waals surface area contributed by atoms with Crippen molar-refractivity contribution in [2.45, 2.75) is 38.6 Å². The quantitative estimate of drug-likeness (QED) is 0.294. The van der Waals surface area contributed by atoms with Crippen molar-refractivity contribution in [3.05, 3.63) is 58.4 Å². The summed E-state index contributed by atoms with van der Waals surface area (Å²) < 4.78 is 16.2. The van der Waals surface area contributed by atoms with E-state index in [4.69, 9.17) is 25.5 Å². The van der Waals surface area contributed by atoms with Crippen LogP contribution in [0.2, 0.25) is 5.02 Å². The van der Waals surface area contributed by atoms with E-state index in [0.717, 1.165) is 24.1 Å². The lowest BCUT2D eigenvalue weighted by Crippen LogP contribution is -2.42. The number of carbonyl (C=O) groups excluding carboxylic acids is 1. The Balaban J connectivity index is 1.14. The van der Waals surface area contributed by atoms with Gasteiger partial charge in [-0.05, 0) is 30.5 Å². The van der Waals surface area contributed by atoms with Crippen LogP contribution in [-0.2, 0) is 24.3 Å². The molecule has 2 aliphatic heterocycles. The molecule has 0 saturated carbocycles. The Bertz CT molecular complexity index is 1300. The first-order valence-electron chi connectivity index (χ1n) is 13.3. The maximum atomic E-state index is 13.0. The van der Waals surface area contributed by atoms with Gasteiger partial charge in [0.15, 0.2) is 12.2 Å². The lowest BCUT2D eigenvalue weighted by molar-refractivity contribution is 0.0209. The number of β-amino-alcohol motifs (C(OH)–C–C–N with tert-alkyl or cyclic N) is 1. The van der Waals surface area contributed by atoms with E-state index in [9.17, 15) is 9.90 Å². The molecule has 1 atom stereocenters. The smallest absolute Gasteiger partial charge is 0.270 e. The largest absolute Gasteiger partial charge is 0.484 e. The predicted octanol–water partition coefficient (Wildman–Crippen LogP) is 2.11. The highest BCUT2D eigenvalue weighted by atomic mass is 35.5. The number of benzene rings is 1. The van der Waals surface area contributed by atoms with E-state index in [0.29, 0.717) is 61.1 Å². The second-order valence-electron chi connectivity index (χ2n) is 9.95. The van der Waals surface area contributed by atoms with Gasteiger partial charge in [0.1, 0.15) is 23.9 Å². The molecule has 3 aromatic rings. The van der Waals surface area contributed by atoms with Crippen LogP contribution in [0, 0.1) is 0 Å². The van der Waals surface area contributed by atoms with E-state index in [2.05, 4.69) is 30.5 Å². The molecule has 1 fully saturated rings. The van der Waals surface area contributed by atoms with Gasteiger partial charge in [0.2, 0.25) is 5.95 Å². The number of aromatic nitrogens is 3. The summed E-state index contributed by atoms with van der Waals surface area (Å²) in [6.45, 7) is 5.99. The van der Waals surface area contributed by atoms with Crippen molar-refractivity contribution in [2.75, 3.05) is 56.7 Å². The van der Waals surface area contributed by atoms with Crippen LogP contribution in [0.4, 0.5) is 11.8 Å². The number of amides is 1. The van der Waals surface area contributed by atoms with Gasteiger partial charge in [0.25, 0.3) is 5.91 Å². The maximum Gasteiger partial charge on any atom is 0.270 e. The number of aliphatic hydroxyl groups excluding tert-OH is 1. The average molecular weight is 572 g/mol. The van der Waals surface area contributed by atoms with E-state index in [1.165, 1.54) is 6.39 Å². The van der Waals surface area contributed by atoms with E-state index in [1.807, 2.05) is 31.0 Å². The van der Waals surface area contributed by atoms with Crippen molar-refractivity contribution < 1.29 is 23.8 Å². The number of nitrogens with one attached hydrogen (secondary N) is 2. The Morgan fingerprint density at radius 3 is 2.92 bits per heavy atom. The van der Waals surface area contributed by atoms with Crippen molar-refractivity contribution >= 4 is 29.3 Å². The minimum Gasteiger partial charge on any atom is -0.484 e. The van der Waals surface area contributed by atoms with Crippen LogP contribution in [0.3, 0.4) is 0 Å². The van der Waals surface area contributed by atoms with E-state index >= 15 is 0 Å². The third-order valence-electron chi connectivity index (χ3n) is 6.95. The van der Waals surface area contributed by atoms with Gasteiger partial charge in [0.05, 0.1) is 36.6 Å². The molecule has 2 aromatic heterocycles. The van der Waals surface area contributed by atoms with Gasteiger partial charge in [-0.15, -0.1) is 0 Å². The van der Waals surface area contributed by atoms with Gasteiger partial charge in [-0.25, -0.2) is 9.97 Å². The standard InChI is InChI=1S/C27H34ClN7O5/c1-3-34(2)27-32-22(8-24(33-27)31-18-13-38-14-18)26(37)30-9-19(36)12-35-7-6-21-17(11-35)4-5-23(25(21)28)39-15-20-10-29-16-40-20/h4-5,8,10,16,18-19,36H,3,6-7,9,11-15H2,1-2H3,(H,30,37)(H,31,32,33). The van der Waals surface area contributed by atoms with Crippen LogP contribution in [0.25, 0.3) is 0 Å². The topological polar surface area (TPSA) is 138 Å². The molecule has 2 aliphatic rings. The monoisotopic (exact) mass is 571 g/mol. The van der Waals surface area contributed by atoms with Gasteiger partial charge < -0.3 is 34.5 Å². The van der Waals surface area contributed by atoms with Crippen LogP contribution >= 0.6 is 11.6 Å². The minimum absolute atomic E-state index is 0.0968. The lowest BCUT2D eigenvalue weighted by Gasteiger charge is -2.31. The molecule has 5 rings (SSSR count). The first kappa shape index (κ1) is 28.1.